The van der Waals surface area contributed by atoms with E-state index in [0.717, 1.165) is 5.01 Å². The van der Waals surface area contributed by atoms with Gasteiger partial charge in [0, 0.05) is 11.6 Å². The zero-order valence-electron chi connectivity index (χ0n) is 12.4. The van der Waals surface area contributed by atoms with Gasteiger partial charge in [-0.15, -0.1) is 0 Å². The van der Waals surface area contributed by atoms with Crippen molar-refractivity contribution in [3.05, 3.63) is 34.9 Å². The SMILES string of the molecule is CC1(C)CN(C(CCc2ccccc2Cl)C(F)(F)F)NC1=O. The minimum atomic E-state index is -4.42. The molecule has 1 aliphatic rings. The van der Waals surface area contributed by atoms with E-state index in [4.69, 9.17) is 11.6 Å². The summed E-state index contributed by atoms with van der Waals surface area (Å²) >= 11 is 5.99. The molecule has 0 bridgehead atoms. The van der Waals surface area contributed by atoms with Crippen LogP contribution in [0.1, 0.15) is 25.8 Å². The first-order valence-electron chi connectivity index (χ1n) is 6.99. The summed E-state index contributed by atoms with van der Waals surface area (Å²) in [6.07, 6.45) is -4.39. The fraction of sp³-hybridized carbons (Fsp3) is 0.533. The fourth-order valence-electron chi connectivity index (χ4n) is 2.50. The quantitative estimate of drug-likeness (QED) is 0.913. The molecular formula is C15H18ClF3N2O. The van der Waals surface area contributed by atoms with Gasteiger partial charge in [-0.2, -0.15) is 13.2 Å². The Morgan fingerprint density at radius 2 is 2.00 bits per heavy atom. The minimum absolute atomic E-state index is 0.0263. The molecule has 1 amide bonds. The molecule has 1 atom stereocenters. The smallest absolute Gasteiger partial charge is 0.288 e. The molecule has 7 heteroatoms. The average Bonchev–Trinajstić information content (AvgIpc) is 2.64. The molecule has 0 saturated carbocycles. The normalized spacial score (nSPS) is 20.0. The molecule has 2 rings (SSSR count). The first-order valence-corrected chi connectivity index (χ1v) is 7.37. The number of hydrazine groups is 1. The van der Waals surface area contributed by atoms with Crippen molar-refractivity contribution in [1.82, 2.24) is 10.4 Å². The van der Waals surface area contributed by atoms with Crippen LogP contribution in [-0.4, -0.2) is 29.7 Å². The van der Waals surface area contributed by atoms with Crippen LogP contribution in [0.5, 0.6) is 0 Å². The summed E-state index contributed by atoms with van der Waals surface area (Å²) in [7, 11) is 0. The molecule has 0 spiro atoms. The Bertz CT molecular complexity index is 560. The number of halogens is 4. The lowest BCUT2D eigenvalue weighted by Gasteiger charge is -2.29. The van der Waals surface area contributed by atoms with Gasteiger partial charge in [-0.3, -0.25) is 10.2 Å². The first kappa shape index (κ1) is 17.1. The summed E-state index contributed by atoms with van der Waals surface area (Å²) in [5.41, 5.74) is 2.19. The average molecular weight is 335 g/mol. The van der Waals surface area contributed by atoms with Gasteiger partial charge in [0.2, 0.25) is 5.91 Å². The molecular weight excluding hydrogens is 317 g/mol. The molecule has 122 valence electrons. The maximum Gasteiger partial charge on any atom is 0.405 e. The van der Waals surface area contributed by atoms with Crippen LogP contribution in [0.2, 0.25) is 5.02 Å². The van der Waals surface area contributed by atoms with E-state index in [1.165, 1.54) is 0 Å². The minimum Gasteiger partial charge on any atom is -0.288 e. The highest BCUT2D eigenvalue weighted by Gasteiger charge is 2.49. The van der Waals surface area contributed by atoms with Crippen LogP contribution in [0.15, 0.2) is 24.3 Å². The fourth-order valence-corrected chi connectivity index (χ4v) is 2.73. The zero-order chi connectivity index (χ0) is 16.5. The predicted octanol–water partition coefficient (Wildman–Crippen LogP) is 3.58. The Morgan fingerprint density at radius 1 is 1.36 bits per heavy atom. The second-order valence-electron chi connectivity index (χ2n) is 6.14. The molecule has 1 aliphatic heterocycles. The lowest BCUT2D eigenvalue weighted by atomic mass is 9.94. The van der Waals surface area contributed by atoms with Gasteiger partial charge in [0.25, 0.3) is 0 Å². The third-order valence-electron chi connectivity index (χ3n) is 3.82. The number of hydrogen-bond acceptors (Lipinski definition) is 2. The van der Waals surface area contributed by atoms with Crippen molar-refractivity contribution in [1.29, 1.82) is 0 Å². The Kier molecular flexibility index (Phi) is 4.73. The maximum absolute atomic E-state index is 13.3. The van der Waals surface area contributed by atoms with Crippen LogP contribution in [-0.2, 0) is 11.2 Å². The number of nitrogens with one attached hydrogen (secondary N) is 1. The van der Waals surface area contributed by atoms with Gasteiger partial charge in [-0.1, -0.05) is 29.8 Å². The number of aryl methyl sites for hydroxylation is 1. The number of hydrogen-bond donors (Lipinski definition) is 1. The van der Waals surface area contributed by atoms with Crippen molar-refractivity contribution in [3.63, 3.8) is 0 Å². The van der Waals surface area contributed by atoms with Crippen molar-refractivity contribution >= 4 is 17.5 Å². The van der Waals surface area contributed by atoms with E-state index in [1.807, 2.05) is 0 Å². The van der Waals surface area contributed by atoms with Gasteiger partial charge >= 0.3 is 6.18 Å². The van der Waals surface area contributed by atoms with Crippen LogP contribution < -0.4 is 5.43 Å². The van der Waals surface area contributed by atoms with Crippen molar-refractivity contribution in [2.24, 2.45) is 5.41 Å². The van der Waals surface area contributed by atoms with Crippen LogP contribution in [0.25, 0.3) is 0 Å². The van der Waals surface area contributed by atoms with Crippen LogP contribution in [0.3, 0.4) is 0 Å². The van der Waals surface area contributed by atoms with E-state index in [-0.39, 0.29) is 25.3 Å². The number of alkyl halides is 3. The molecule has 1 fully saturated rings. The van der Waals surface area contributed by atoms with Gasteiger partial charge in [0.15, 0.2) is 0 Å². The highest BCUT2D eigenvalue weighted by Crippen LogP contribution is 2.33. The van der Waals surface area contributed by atoms with Crippen molar-refractivity contribution in [3.8, 4) is 0 Å². The number of benzene rings is 1. The molecule has 1 aromatic carbocycles. The molecule has 1 N–H and O–H groups in total. The molecule has 3 nitrogen and oxygen atoms in total. The molecule has 1 aromatic rings. The number of carbonyl (C=O) groups is 1. The van der Waals surface area contributed by atoms with Crippen LogP contribution >= 0.6 is 11.6 Å². The van der Waals surface area contributed by atoms with Gasteiger partial charge in [0.05, 0.1) is 5.41 Å². The van der Waals surface area contributed by atoms with Gasteiger partial charge < -0.3 is 0 Å². The summed E-state index contributed by atoms with van der Waals surface area (Å²) in [4.78, 5) is 11.7. The summed E-state index contributed by atoms with van der Waals surface area (Å²) < 4.78 is 40.0. The molecule has 0 aromatic heterocycles. The van der Waals surface area contributed by atoms with Gasteiger partial charge in [0.1, 0.15) is 6.04 Å². The highest BCUT2D eigenvalue weighted by molar-refractivity contribution is 6.31. The Balaban J connectivity index is 2.12. The monoisotopic (exact) mass is 334 g/mol. The molecule has 1 heterocycles. The zero-order valence-corrected chi connectivity index (χ0v) is 13.1. The van der Waals surface area contributed by atoms with E-state index < -0.39 is 17.6 Å². The number of carbonyl (C=O) groups excluding carboxylic acids is 1. The number of rotatable bonds is 4. The lowest BCUT2D eigenvalue weighted by Crippen LogP contribution is -2.50. The summed E-state index contributed by atoms with van der Waals surface area (Å²) in [6.45, 7) is 3.28. The second-order valence-corrected chi connectivity index (χ2v) is 6.55. The van der Waals surface area contributed by atoms with E-state index in [2.05, 4.69) is 5.43 Å². The Morgan fingerprint density at radius 3 is 2.50 bits per heavy atom. The standard InChI is InChI=1S/C15H18ClF3N2O/c1-14(2)9-21(20-13(14)22)12(15(17,18)19)8-7-10-5-3-4-6-11(10)16/h3-6,12H,7-9H2,1-2H3,(H,20,22). The second kappa shape index (κ2) is 6.08. The van der Waals surface area contributed by atoms with Crippen LogP contribution in [0.4, 0.5) is 13.2 Å². The molecule has 0 radical (unpaired) electrons. The van der Waals surface area contributed by atoms with Gasteiger partial charge in [-0.25, -0.2) is 5.01 Å². The van der Waals surface area contributed by atoms with E-state index in [9.17, 15) is 18.0 Å². The summed E-state index contributed by atoms with van der Waals surface area (Å²) in [6, 6.07) is 5.11. The number of nitrogens with zero attached hydrogens (tertiary/aromatic N) is 1. The van der Waals surface area contributed by atoms with E-state index in [0.29, 0.717) is 10.6 Å². The molecule has 1 unspecified atom stereocenters. The third kappa shape index (κ3) is 3.73. The first-order chi connectivity index (χ1) is 10.1. The largest absolute Gasteiger partial charge is 0.405 e. The number of amides is 1. The maximum atomic E-state index is 13.3. The predicted molar refractivity (Wildman–Crippen MR) is 78.2 cm³/mol. The van der Waals surface area contributed by atoms with E-state index in [1.54, 1.807) is 38.1 Å². The summed E-state index contributed by atoms with van der Waals surface area (Å²) in [5, 5.41) is 1.45. The molecule has 0 aliphatic carbocycles. The van der Waals surface area contributed by atoms with E-state index >= 15 is 0 Å². The topological polar surface area (TPSA) is 32.3 Å². The molecule has 22 heavy (non-hydrogen) atoms. The lowest BCUT2D eigenvalue weighted by molar-refractivity contribution is -0.190. The van der Waals surface area contributed by atoms with Crippen molar-refractivity contribution in [2.45, 2.75) is 38.9 Å². The molecule has 1 saturated heterocycles. The van der Waals surface area contributed by atoms with Crippen LogP contribution in [0, 0.1) is 5.41 Å². The van der Waals surface area contributed by atoms with Crippen molar-refractivity contribution in [2.75, 3.05) is 6.54 Å². The highest BCUT2D eigenvalue weighted by atomic mass is 35.5. The van der Waals surface area contributed by atoms with Crippen molar-refractivity contribution < 1.29 is 18.0 Å². The van der Waals surface area contributed by atoms with Gasteiger partial charge in [-0.05, 0) is 38.3 Å². The third-order valence-corrected chi connectivity index (χ3v) is 4.19. The Hall–Kier alpha value is -1.27. The Labute approximate surface area is 132 Å². The summed E-state index contributed by atoms with van der Waals surface area (Å²) in [5.74, 6) is -0.389.